The minimum atomic E-state index is 0.183. The summed E-state index contributed by atoms with van der Waals surface area (Å²) in [5.41, 5.74) is 0.183. The van der Waals surface area contributed by atoms with Gasteiger partial charge in [0.25, 0.3) is 0 Å². The average Bonchev–Trinajstić information content (AvgIpc) is 2.14. The molecule has 3 nitrogen and oxygen atoms in total. The molecule has 0 unspecified atom stereocenters. The molecule has 0 saturated carbocycles. The van der Waals surface area contributed by atoms with Gasteiger partial charge in [-0.2, -0.15) is 0 Å². The lowest BCUT2D eigenvalue weighted by molar-refractivity contribution is -0.00350. The van der Waals surface area contributed by atoms with E-state index in [1.54, 1.807) is 0 Å². The minimum absolute atomic E-state index is 0.183. The maximum Gasteiger partial charge on any atom is 0.0703 e. The summed E-state index contributed by atoms with van der Waals surface area (Å²) in [6.45, 7) is 15.9. The lowest BCUT2D eigenvalue weighted by Gasteiger charge is -2.26. The van der Waals surface area contributed by atoms with Crippen LogP contribution in [0, 0.1) is 5.41 Å². The quantitative estimate of drug-likeness (QED) is 0.618. The molecule has 0 aliphatic rings. The molecule has 98 valence electrons. The van der Waals surface area contributed by atoms with Crippen LogP contribution in [0.3, 0.4) is 0 Å². The van der Waals surface area contributed by atoms with Crippen molar-refractivity contribution in [1.29, 1.82) is 0 Å². The lowest BCUT2D eigenvalue weighted by atomic mass is 9.94. The van der Waals surface area contributed by atoms with Crippen molar-refractivity contribution in [2.75, 3.05) is 26.4 Å². The summed E-state index contributed by atoms with van der Waals surface area (Å²) in [5.74, 6) is 0. The first-order valence-corrected chi connectivity index (χ1v) is 6.26. The molecule has 0 aromatic carbocycles. The van der Waals surface area contributed by atoms with Crippen LogP contribution in [0.2, 0.25) is 0 Å². The molecule has 0 spiro atoms. The fourth-order valence-corrected chi connectivity index (χ4v) is 1.22. The van der Waals surface area contributed by atoms with Gasteiger partial charge < -0.3 is 14.8 Å². The van der Waals surface area contributed by atoms with Gasteiger partial charge in [0.1, 0.15) is 0 Å². The SMILES string of the molecule is CC(C)NCC(C)(C)COCCOC(C)C. The summed E-state index contributed by atoms with van der Waals surface area (Å²) in [5, 5.41) is 3.43. The van der Waals surface area contributed by atoms with Gasteiger partial charge in [-0.15, -0.1) is 0 Å². The topological polar surface area (TPSA) is 30.5 Å². The van der Waals surface area contributed by atoms with E-state index in [-0.39, 0.29) is 5.41 Å². The van der Waals surface area contributed by atoms with Gasteiger partial charge in [0, 0.05) is 18.0 Å². The molecule has 0 rings (SSSR count). The van der Waals surface area contributed by atoms with Gasteiger partial charge in [-0.25, -0.2) is 0 Å². The maximum atomic E-state index is 5.62. The van der Waals surface area contributed by atoms with E-state index < -0.39 is 0 Å². The molecule has 0 saturated heterocycles. The lowest BCUT2D eigenvalue weighted by Crippen LogP contribution is -2.37. The standard InChI is InChI=1S/C13H29NO2/c1-11(2)14-9-13(5,6)10-15-7-8-16-12(3)4/h11-12,14H,7-10H2,1-6H3. The average molecular weight is 231 g/mol. The third-order valence-electron chi connectivity index (χ3n) is 2.16. The first-order chi connectivity index (χ1) is 7.33. The Kier molecular flexibility index (Phi) is 7.98. The Morgan fingerprint density at radius 3 is 2.19 bits per heavy atom. The van der Waals surface area contributed by atoms with Gasteiger partial charge in [0.15, 0.2) is 0 Å². The number of hydrogen-bond donors (Lipinski definition) is 1. The predicted octanol–water partition coefficient (Wildman–Crippen LogP) is 2.45. The predicted molar refractivity (Wildman–Crippen MR) is 68.8 cm³/mol. The molecule has 0 amide bonds. The first-order valence-electron chi connectivity index (χ1n) is 6.26. The fraction of sp³-hybridized carbons (Fsp3) is 1.00. The van der Waals surface area contributed by atoms with E-state index in [9.17, 15) is 0 Å². The Balaban J connectivity index is 3.50. The number of rotatable bonds is 9. The zero-order chi connectivity index (χ0) is 12.6. The number of ether oxygens (including phenoxy) is 2. The highest BCUT2D eigenvalue weighted by Crippen LogP contribution is 2.14. The van der Waals surface area contributed by atoms with Crippen LogP contribution in [0.25, 0.3) is 0 Å². The van der Waals surface area contributed by atoms with E-state index in [2.05, 4.69) is 33.0 Å². The van der Waals surface area contributed by atoms with Crippen LogP contribution < -0.4 is 5.32 Å². The molecule has 0 atom stereocenters. The van der Waals surface area contributed by atoms with Gasteiger partial charge in [-0.1, -0.05) is 27.7 Å². The molecule has 0 bridgehead atoms. The second kappa shape index (κ2) is 8.04. The van der Waals surface area contributed by atoms with Crippen LogP contribution >= 0.6 is 0 Å². The molecule has 0 heterocycles. The largest absolute Gasteiger partial charge is 0.378 e. The number of hydrogen-bond acceptors (Lipinski definition) is 3. The van der Waals surface area contributed by atoms with Crippen LogP contribution in [0.5, 0.6) is 0 Å². The summed E-state index contributed by atoms with van der Waals surface area (Å²) in [4.78, 5) is 0. The van der Waals surface area contributed by atoms with Crippen molar-refractivity contribution in [1.82, 2.24) is 5.32 Å². The summed E-state index contributed by atoms with van der Waals surface area (Å²) in [7, 11) is 0. The van der Waals surface area contributed by atoms with Crippen LogP contribution in [-0.2, 0) is 9.47 Å². The molecule has 0 aromatic rings. The molecule has 1 N–H and O–H groups in total. The molecular formula is C13H29NO2. The third kappa shape index (κ3) is 10.4. The molecule has 3 heteroatoms. The molecule has 16 heavy (non-hydrogen) atoms. The highest BCUT2D eigenvalue weighted by atomic mass is 16.5. The normalized spacial score (nSPS) is 12.8. The zero-order valence-corrected chi connectivity index (χ0v) is 11.8. The smallest absolute Gasteiger partial charge is 0.0703 e. The van der Waals surface area contributed by atoms with Crippen molar-refractivity contribution in [2.24, 2.45) is 5.41 Å². The third-order valence-corrected chi connectivity index (χ3v) is 2.16. The molecule has 0 aliphatic carbocycles. The summed E-state index contributed by atoms with van der Waals surface area (Å²) < 4.78 is 11.0. The van der Waals surface area contributed by atoms with Crippen molar-refractivity contribution in [3.8, 4) is 0 Å². The molecule has 0 aromatic heterocycles. The fourth-order valence-electron chi connectivity index (χ4n) is 1.22. The van der Waals surface area contributed by atoms with E-state index in [0.717, 1.165) is 13.2 Å². The van der Waals surface area contributed by atoms with Gasteiger partial charge in [0.2, 0.25) is 0 Å². The van der Waals surface area contributed by atoms with Crippen molar-refractivity contribution in [3.63, 3.8) is 0 Å². The second-order valence-electron chi connectivity index (χ2n) is 5.67. The highest BCUT2D eigenvalue weighted by molar-refractivity contribution is 4.72. The van der Waals surface area contributed by atoms with Gasteiger partial charge in [-0.3, -0.25) is 0 Å². The summed E-state index contributed by atoms with van der Waals surface area (Å²) >= 11 is 0. The van der Waals surface area contributed by atoms with Crippen LogP contribution in [0.4, 0.5) is 0 Å². The second-order valence-corrected chi connectivity index (χ2v) is 5.67. The Bertz CT molecular complexity index is 167. The highest BCUT2D eigenvalue weighted by Gasteiger charge is 2.18. The zero-order valence-electron chi connectivity index (χ0n) is 11.8. The van der Waals surface area contributed by atoms with Crippen LogP contribution in [0.1, 0.15) is 41.5 Å². The van der Waals surface area contributed by atoms with E-state index in [0.29, 0.717) is 25.4 Å². The minimum Gasteiger partial charge on any atom is -0.378 e. The molecule has 0 aliphatic heterocycles. The number of nitrogens with one attached hydrogen (secondary N) is 1. The molecule has 0 fully saturated rings. The first kappa shape index (κ1) is 15.9. The van der Waals surface area contributed by atoms with Gasteiger partial charge in [0.05, 0.1) is 25.9 Å². The summed E-state index contributed by atoms with van der Waals surface area (Å²) in [6, 6.07) is 0.531. The monoisotopic (exact) mass is 231 g/mol. The van der Waals surface area contributed by atoms with Gasteiger partial charge >= 0.3 is 0 Å². The van der Waals surface area contributed by atoms with Crippen molar-refractivity contribution >= 4 is 0 Å². The van der Waals surface area contributed by atoms with Crippen LogP contribution in [-0.4, -0.2) is 38.5 Å². The Morgan fingerprint density at radius 2 is 1.69 bits per heavy atom. The van der Waals surface area contributed by atoms with Crippen LogP contribution in [0.15, 0.2) is 0 Å². The van der Waals surface area contributed by atoms with E-state index in [1.807, 2.05) is 13.8 Å². The molecule has 0 radical (unpaired) electrons. The summed E-state index contributed by atoms with van der Waals surface area (Å²) in [6.07, 6.45) is 0.291. The Labute approximate surface area is 101 Å². The van der Waals surface area contributed by atoms with E-state index in [4.69, 9.17) is 9.47 Å². The van der Waals surface area contributed by atoms with Gasteiger partial charge in [-0.05, 0) is 13.8 Å². The Hall–Kier alpha value is -0.120. The maximum absolute atomic E-state index is 5.62. The Morgan fingerprint density at radius 1 is 1.06 bits per heavy atom. The van der Waals surface area contributed by atoms with E-state index >= 15 is 0 Å². The molecular weight excluding hydrogens is 202 g/mol. The van der Waals surface area contributed by atoms with Crippen molar-refractivity contribution in [2.45, 2.75) is 53.7 Å². The van der Waals surface area contributed by atoms with Crippen molar-refractivity contribution in [3.05, 3.63) is 0 Å². The van der Waals surface area contributed by atoms with Crippen molar-refractivity contribution < 1.29 is 9.47 Å². The van der Waals surface area contributed by atoms with E-state index in [1.165, 1.54) is 0 Å².